The van der Waals surface area contributed by atoms with Gasteiger partial charge in [-0.1, -0.05) is 18.1 Å². The van der Waals surface area contributed by atoms with Gasteiger partial charge in [0.2, 0.25) is 0 Å². The molecule has 118 valence electrons. The molecule has 2 aromatic rings. The zero-order valence-corrected chi connectivity index (χ0v) is 13.8. The van der Waals surface area contributed by atoms with E-state index in [1.165, 1.54) is 16.8 Å². The monoisotopic (exact) mass is 307 g/mol. The highest BCUT2D eigenvalue weighted by atomic mass is 16.1. The van der Waals surface area contributed by atoms with Gasteiger partial charge in [0, 0.05) is 11.3 Å². The molecule has 1 unspecified atom stereocenters. The maximum atomic E-state index is 11.8. The van der Waals surface area contributed by atoms with Crippen LogP contribution in [0.2, 0.25) is 0 Å². The summed E-state index contributed by atoms with van der Waals surface area (Å²) in [6, 6.07) is 6.28. The number of benzene rings is 1. The van der Waals surface area contributed by atoms with Gasteiger partial charge in [-0.3, -0.25) is 4.79 Å². The first-order valence-electron chi connectivity index (χ1n) is 7.98. The highest BCUT2D eigenvalue weighted by Crippen LogP contribution is 2.31. The maximum absolute atomic E-state index is 11.8. The second kappa shape index (κ2) is 6.29. The smallest absolute Gasteiger partial charge is 0.296 e. The molecule has 3 rings (SSSR count). The minimum Gasteiger partial charge on any atom is -0.338 e. The molecule has 0 saturated heterocycles. The van der Waals surface area contributed by atoms with Crippen molar-refractivity contribution in [1.29, 1.82) is 0 Å². The summed E-state index contributed by atoms with van der Waals surface area (Å²) in [5.74, 6) is 4.98. The first-order valence-corrected chi connectivity index (χ1v) is 7.98. The van der Waals surface area contributed by atoms with E-state index in [1.54, 1.807) is 6.92 Å². The van der Waals surface area contributed by atoms with Gasteiger partial charge < -0.3 is 5.32 Å². The van der Waals surface area contributed by atoms with Crippen LogP contribution in [0.25, 0.3) is 5.69 Å². The number of nitrogens with one attached hydrogen (secondary N) is 1. The summed E-state index contributed by atoms with van der Waals surface area (Å²) < 4.78 is 2.03. The van der Waals surface area contributed by atoms with Crippen molar-refractivity contribution >= 4 is 5.91 Å². The molecular weight excluding hydrogens is 286 g/mol. The molecule has 1 aliphatic rings. The zero-order valence-electron chi connectivity index (χ0n) is 13.8. The molecule has 4 heteroatoms. The number of amides is 1. The average Bonchev–Trinajstić information content (AvgIpc) is 2.95. The Morgan fingerprint density at radius 2 is 2.22 bits per heavy atom. The second-order valence-electron chi connectivity index (χ2n) is 5.97. The van der Waals surface area contributed by atoms with E-state index in [2.05, 4.69) is 54.3 Å². The van der Waals surface area contributed by atoms with Gasteiger partial charge in [-0.15, -0.1) is 0 Å². The van der Waals surface area contributed by atoms with Crippen LogP contribution in [0.15, 0.2) is 24.4 Å². The van der Waals surface area contributed by atoms with Crippen molar-refractivity contribution in [2.24, 2.45) is 0 Å². The van der Waals surface area contributed by atoms with Crippen LogP contribution in [0.1, 0.15) is 48.2 Å². The van der Waals surface area contributed by atoms with Gasteiger partial charge in [0.05, 0.1) is 17.9 Å². The van der Waals surface area contributed by atoms with E-state index >= 15 is 0 Å². The fraction of sp³-hybridized carbons (Fsp3) is 0.368. The molecule has 4 nitrogen and oxygen atoms in total. The average molecular weight is 307 g/mol. The van der Waals surface area contributed by atoms with Gasteiger partial charge >= 0.3 is 0 Å². The second-order valence-corrected chi connectivity index (χ2v) is 5.97. The van der Waals surface area contributed by atoms with Gasteiger partial charge in [0.15, 0.2) is 0 Å². The number of fused-ring (bicyclic) bond motifs is 1. The molecule has 1 amide bonds. The van der Waals surface area contributed by atoms with Crippen LogP contribution in [0.5, 0.6) is 0 Å². The largest absolute Gasteiger partial charge is 0.338 e. The van der Waals surface area contributed by atoms with Crippen LogP contribution in [0.3, 0.4) is 0 Å². The van der Waals surface area contributed by atoms with E-state index < -0.39 is 0 Å². The SMILES string of the molecule is CC#CC(=O)NC1CCCc2c1cnn2-c1cccc(C)c1C. The Kier molecular flexibility index (Phi) is 4.20. The van der Waals surface area contributed by atoms with Crippen LogP contribution in [0, 0.1) is 25.7 Å². The van der Waals surface area contributed by atoms with E-state index in [0.717, 1.165) is 30.5 Å². The molecule has 0 spiro atoms. The van der Waals surface area contributed by atoms with Crippen molar-refractivity contribution < 1.29 is 4.79 Å². The number of hydrogen-bond acceptors (Lipinski definition) is 2. The van der Waals surface area contributed by atoms with Crippen molar-refractivity contribution in [2.75, 3.05) is 0 Å². The predicted octanol–water partition coefficient (Wildman–Crippen LogP) is 3.01. The van der Waals surface area contributed by atoms with Crippen molar-refractivity contribution in [2.45, 2.75) is 46.1 Å². The first-order chi connectivity index (χ1) is 11.1. The van der Waals surface area contributed by atoms with Gasteiger partial charge in [0.1, 0.15) is 0 Å². The van der Waals surface area contributed by atoms with E-state index in [1.807, 2.05) is 10.9 Å². The van der Waals surface area contributed by atoms with Crippen molar-refractivity contribution in [3.8, 4) is 17.5 Å². The number of carbonyl (C=O) groups excluding carboxylic acids is 1. The summed E-state index contributed by atoms with van der Waals surface area (Å²) in [4.78, 5) is 11.8. The highest BCUT2D eigenvalue weighted by Gasteiger charge is 2.26. The van der Waals surface area contributed by atoms with Crippen LogP contribution >= 0.6 is 0 Å². The van der Waals surface area contributed by atoms with E-state index in [-0.39, 0.29) is 11.9 Å². The molecule has 1 aromatic heterocycles. The minimum absolute atomic E-state index is 0.00552. The Morgan fingerprint density at radius 3 is 3.00 bits per heavy atom. The number of rotatable bonds is 2. The lowest BCUT2D eigenvalue weighted by molar-refractivity contribution is -0.116. The zero-order chi connectivity index (χ0) is 16.4. The Balaban J connectivity index is 1.98. The number of nitrogens with zero attached hydrogens (tertiary/aromatic N) is 2. The highest BCUT2D eigenvalue weighted by molar-refractivity contribution is 5.93. The molecule has 23 heavy (non-hydrogen) atoms. The lowest BCUT2D eigenvalue weighted by atomic mass is 9.92. The Labute approximate surface area is 136 Å². The Hall–Kier alpha value is -2.54. The lowest BCUT2D eigenvalue weighted by Gasteiger charge is -2.23. The van der Waals surface area contributed by atoms with E-state index in [9.17, 15) is 4.79 Å². The van der Waals surface area contributed by atoms with Crippen LogP contribution < -0.4 is 5.32 Å². The van der Waals surface area contributed by atoms with Crippen molar-refractivity contribution in [3.05, 3.63) is 46.8 Å². The molecule has 1 N–H and O–H groups in total. The standard InChI is InChI=1S/C19H21N3O/c1-4-7-19(23)21-16-9-6-11-18-15(16)12-20-22(18)17-10-5-8-13(2)14(17)3/h5,8,10,12,16H,6,9,11H2,1-3H3,(H,21,23). The van der Waals surface area contributed by atoms with E-state index in [4.69, 9.17) is 0 Å². The van der Waals surface area contributed by atoms with Crippen LogP contribution in [0.4, 0.5) is 0 Å². The fourth-order valence-electron chi connectivity index (χ4n) is 3.19. The predicted molar refractivity (Wildman–Crippen MR) is 90.3 cm³/mol. The summed E-state index contributed by atoms with van der Waals surface area (Å²) in [6.07, 6.45) is 4.84. The van der Waals surface area contributed by atoms with Crippen LogP contribution in [-0.4, -0.2) is 15.7 Å². The quantitative estimate of drug-likeness (QED) is 0.867. The van der Waals surface area contributed by atoms with Crippen molar-refractivity contribution in [3.63, 3.8) is 0 Å². The lowest BCUT2D eigenvalue weighted by Crippen LogP contribution is -2.30. The normalized spacial score (nSPS) is 16.2. The minimum atomic E-state index is -0.218. The third-order valence-corrected chi connectivity index (χ3v) is 4.53. The molecule has 1 atom stereocenters. The first kappa shape index (κ1) is 15.4. The third-order valence-electron chi connectivity index (χ3n) is 4.53. The van der Waals surface area contributed by atoms with Gasteiger partial charge in [-0.2, -0.15) is 5.10 Å². The van der Waals surface area contributed by atoms with Crippen LogP contribution in [-0.2, 0) is 11.2 Å². The number of carbonyl (C=O) groups is 1. The van der Waals surface area contributed by atoms with Gasteiger partial charge in [-0.25, -0.2) is 4.68 Å². The topological polar surface area (TPSA) is 46.9 Å². The third kappa shape index (κ3) is 2.87. The Bertz CT molecular complexity index is 808. The van der Waals surface area contributed by atoms with Gasteiger partial charge in [-0.05, 0) is 63.1 Å². The van der Waals surface area contributed by atoms with Gasteiger partial charge in [0.25, 0.3) is 5.91 Å². The fourth-order valence-corrected chi connectivity index (χ4v) is 3.19. The summed E-state index contributed by atoms with van der Waals surface area (Å²) in [5, 5.41) is 7.60. The molecule has 1 aromatic carbocycles. The molecule has 0 radical (unpaired) electrons. The summed E-state index contributed by atoms with van der Waals surface area (Å²) >= 11 is 0. The molecular formula is C19H21N3O. The molecule has 0 saturated carbocycles. The number of hydrogen-bond donors (Lipinski definition) is 1. The summed E-state index contributed by atoms with van der Waals surface area (Å²) in [5.41, 5.74) is 5.92. The number of aromatic nitrogens is 2. The Morgan fingerprint density at radius 1 is 1.39 bits per heavy atom. The molecule has 0 bridgehead atoms. The van der Waals surface area contributed by atoms with Crippen molar-refractivity contribution in [1.82, 2.24) is 15.1 Å². The molecule has 1 heterocycles. The van der Waals surface area contributed by atoms with E-state index in [0.29, 0.717) is 0 Å². The molecule has 0 fully saturated rings. The summed E-state index contributed by atoms with van der Waals surface area (Å²) in [6.45, 7) is 5.91. The maximum Gasteiger partial charge on any atom is 0.296 e. The number of aryl methyl sites for hydroxylation is 1. The summed E-state index contributed by atoms with van der Waals surface area (Å²) in [7, 11) is 0. The molecule has 0 aliphatic heterocycles. The molecule has 1 aliphatic carbocycles.